The highest BCUT2D eigenvalue weighted by Gasteiger charge is 2.08. The van der Waals surface area contributed by atoms with E-state index < -0.39 is 8.32 Å². The Kier molecular flexibility index (Phi) is 2.03. The molecule has 0 aliphatic heterocycles. The van der Waals surface area contributed by atoms with E-state index in [2.05, 4.69) is 19.6 Å². The lowest BCUT2D eigenvalue weighted by Gasteiger charge is -2.11. The first kappa shape index (κ1) is 6.39. The maximum Gasteiger partial charge on any atom is 0.169 e. The molecule has 0 rings (SSSR count). The predicted molar refractivity (Wildman–Crippen MR) is 36.5 cm³/mol. The van der Waals surface area contributed by atoms with Gasteiger partial charge in [0.15, 0.2) is 8.32 Å². The smallest absolute Gasteiger partial charge is 0.169 e. The molecule has 0 aromatic carbocycles. The first-order valence-corrected chi connectivity index (χ1v) is 6.34. The maximum atomic E-state index is 5.22. The number of rotatable bonds is 1. The second-order valence-corrected chi connectivity index (χ2v) is 8.17. The van der Waals surface area contributed by atoms with Crippen LogP contribution in [-0.2, 0) is 4.12 Å². The monoisotopic (exact) mass is 122 g/mol. The van der Waals surface area contributed by atoms with Gasteiger partial charge >= 0.3 is 0 Å². The van der Waals surface area contributed by atoms with E-state index in [1.165, 1.54) is 0 Å². The van der Waals surface area contributed by atoms with E-state index in [1.54, 1.807) is 0 Å². The van der Waals surface area contributed by atoms with Gasteiger partial charge < -0.3 is 4.12 Å². The average Bonchev–Trinajstić information content (AvgIpc) is 1.35. The van der Waals surface area contributed by atoms with Crippen molar-refractivity contribution in [1.29, 1.82) is 0 Å². The predicted octanol–water partition coefficient (Wildman–Crippen LogP) is 0.364. The van der Waals surface area contributed by atoms with Crippen LogP contribution in [-0.4, -0.2) is 18.8 Å². The van der Waals surface area contributed by atoms with E-state index in [4.69, 9.17) is 4.12 Å². The average molecular weight is 122 g/mol. The van der Waals surface area contributed by atoms with Gasteiger partial charge in [0.25, 0.3) is 0 Å². The molecule has 0 saturated carbocycles. The van der Waals surface area contributed by atoms with E-state index in [0.29, 0.717) is 0 Å². The minimum Gasteiger partial charge on any atom is -0.464 e. The molecule has 0 unspecified atom stereocenters. The fourth-order valence-corrected chi connectivity index (χ4v) is 0. The van der Waals surface area contributed by atoms with Crippen LogP contribution in [0, 0.1) is 0 Å². The SMILES string of the molecule is C[Si](C)(C)O[SiH3].[HH]. The molecule has 0 atom stereocenters. The van der Waals surface area contributed by atoms with Gasteiger partial charge in [0.2, 0.25) is 0 Å². The molecule has 0 aromatic rings. The fraction of sp³-hybridized carbons (Fsp3) is 1.00. The number of hydrogen-bond acceptors (Lipinski definition) is 1. The standard InChI is InChI=1S/C3H12OSi2.H2/c1-6(2,3)4-5;/h1-3,5H3;1H. The quantitative estimate of drug-likeness (QED) is 0.456. The van der Waals surface area contributed by atoms with Crippen LogP contribution in [0.3, 0.4) is 0 Å². The summed E-state index contributed by atoms with van der Waals surface area (Å²) in [5.74, 6) is 0. The minimum atomic E-state index is -1.07. The van der Waals surface area contributed by atoms with E-state index in [9.17, 15) is 0 Å². The molecule has 0 saturated heterocycles. The molecule has 6 heavy (non-hydrogen) atoms. The molecule has 0 amide bonds. The second kappa shape index (κ2) is 1.90. The van der Waals surface area contributed by atoms with Gasteiger partial charge in [0.1, 0.15) is 10.5 Å². The van der Waals surface area contributed by atoms with Crippen molar-refractivity contribution in [2.45, 2.75) is 19.6 Å². The van der Waals surface area contributed by atoms with Crippen LogP contribution < -0.4 is 0 Å². The van der Waals surface area contributed by atoms with Gasteiger partial charge in [0, 0.05) is 1.43 Å². The third-order valence-electron chi connectivity index (χ3n) is 0.612. The Balaban J connectivity index is 0. The minimum absolute atomic E-state index is 0. The highest BCUT2D eigenvalue weighted by Crippen LogP contribution is 1.96. The normalized spacial score (nSPS) is 12.5. The van der Waals surface area contributed by atoms with E-state index in [0.717, 1.165) is 10.5 Å². The zero-order chi connectivity index (χ0) is 5.21. The molecule has 0 bridgehead atoms. The lowest BCUT2D eigenvalue weighted by molar-refractivity contribution is 0.620. The molecule has 0 heterocycles. The maximum absolute atomic E-state index is 5.22. The van der Waals surface area contributed by atoms with Gasteiger partial charge in [-0.2, -0.15) is 0 Å². The van der Waals surface area contributed by atoms with Crippen molar-refractivity contribution in [3.05, 3.63) is 0 Å². The van der Waals surface area contributed by atoms with Gasteiger partial charge in [-0.1, -0.05) is 0 Å². The van der Waals surface area contributed by atoms with Gasteiger partial charge in [-0.05, 0) is 19.6 Å². The zero-order valence-corrected chi connectivity index (χ0v) is 7.91. The Labute approximate surface area is 44.9 Å². The largest absolute Gasteiger partial charge is 0.464 e. The summed E-state index contributed by atoms with van der Waals surface area (Å²) >= 11 is 0. The van der Waals surface area contributed by atoms with Crippen molar-refractivity contribution in [3.8, 4) is 0 Å². The van der Waals surface area contributed by atoms with Crippen LogP contribution in [0.1, 0.15) is 1.43 Å². The molecule has 0 spiro atoms. The summed E-state index contributed by atoms with van der Waals surface area (Å²) in [6, 6.07) is 0. The lowest BCUT2D eigenvalue weighted by atomic mass is 11.8. The highest BCUT2D eigenvalue weighted by atomic mass is 28.4. The molecule has 40 valence electrons. The third kappa shape index (κ3) is 4.39. The third-order valence-corrected chi connectivity index (χ3v) is 5.51. The van der Waals surface area contributed by atoms with Gasteiger partial charge in [-0.25, -0.2) is 0 Å². The van der Waals surface area contributed by atoms with Crippen LogP contribution in [0.15, 0.2) is 0 Å². The molecule has 0 aromatic heterocycles. The van der Waals surface area contributed by atoms with Gasteiger partial charge in [-0.15, -0.1) is 0 Å². The fourth-order valence-electron chi connectivity index (χ4n) is 0. The van der Waals surface area contributed by atoms with Crippen LogP contribution in [0.2, 0.25) is 19.6 Å². The molecule has 0 fully saturated rings. The Morgan fingerprint density at radius 1 is 1.50 bits per heavy atom. The summed E-state index contributed by atoms with van der Waals surface area (Å²) < 4.78 is 5.22. The number of hydrogen-bond donors (Lipinski definition) is 0. The topological polar surface area (TPSA) is 9.23 Å². The van der Waals surface area contributed by atoms with Crippen molar-refractivity contribution < 1.29 is 5.54 Å². The summed E-state index contributed by atoms with van der Waals surface area (Å²) in [4.78, 5) is 0. The highest BCUT2D eigenvalue weighted by molar-refractivity contribution is 6.72. The van der Waals surface area contributed by atoms with Crippen molar-refractivity contribution in [2.24, 2.45) is 0 Å². The van der Waals surface area contributed by atoms with Gasteiger partial charge in [0.05, 0.1) is 0 Å². The lowest BCUT2D eigenvalue weighted by Crippen LogP contribution is -2.23. The molecule has 0 N–H and O–H groups in total. The van der Waals surface area contributed by atoms with E-state index in [1.807, 2.05) is 0 Å². The summed E-state index contributed by atoms with van der Waals surface area (Å²) in [6.45, 7) is 6.58. The van der Waals surface area contributed by atoms with Gasteiger partial charge in [-0.3, -0.25) is 0 Å². The van der Waals surface area contributed by atoms with Crippen LogP contribution in [0.5, 0.6) is 0 Å². The summed E-state index contributed by atoms with van der Waals surface area (Å²) in [5, 5.41) is 0. The molecule has 0 aliphatic rings. The Morgan fingerprint density at radius 2 is 1.67 bits per heavy atom. The first-order valence-electron chi connectivity index (χ1n) is 2.11. The molecular weight excluding hydrogens is 108 g/mol. The second-order valence-electron chi connectivity index (χ2n) is 2.32. The molecule has 0 aliphatic carbocycles. The summed E-state index contributed by atoms with van der Waals surface area (Å²) in [5.41, 5.74) is 0. The first-order chi connectivity index (χ1) is 2.56. The molecular formula is C3H14OSi2. The van der Waals surface area contributed by atoms with Crippen molar-refractivity contribution >= 4 is 18.8 Å². The van der Waals surface area contributed by atoms with Crippen LogP contribution >= 0.6 is 0 Å². The van der Waals surface area contributed by atoms with Crippen molar-refractivity contribution in [3.63, 3.8) is 0 Å². The van der Waals surface area contributed by atoms with E-state index >= 15 is 0 Å². The summed E-state index contributed by atoms with van der Waals surface area (Å²) in [6.07, 6.45) is 0. The molecule has 1 nitrogen and oxygen atoms in total. The Bertz CT molecular complexity index is 42.7. The van der Waals surface area contributed by atoms with E-state index in [-0.39, 0.29) is 1.43 Å². The molecule has 0 radical (unpaired) electrons. The van der Waals surface area contributed by atoms with Crippen molar-refractivity contribution in [1.82, 2.24) is 0 Å². The summed E-state index contributed by atoms with van der Waals surface area (Å²) in [7, 11) is -0.160. The Morgan fingerprint density at radius 3 is 1.67 bits per heavy atom. The molecule has 3 heteroatoms. The zero-order valence-electron chi connectivity index (χ0n) is 4.91. The van der Waals surface area contributed by atoms with Crippen LogP contribution in [0.4, 0.5) is 0 Å². The van der Waals surface area contributed by atoms with Crippen LogP contribution in [0.25, 0.3) is 0 Å². The van der Waals surface area contributed by atoms with Crippen molar-refractivity contribution in [2.75, 3.05) is 0 Å². The Hall–Kier alpha value is 0.394.